The fourth-order valence-electron chi connectivity index (χ4n) is 6.99. The number of phenolic OH excluding ortho intramolecular Hbond substituents is 1. The van der Waals surface area contributed by atoms with E-state index in [0.29, 0.717) is 11.8 Å². The number of hydrogen-bond donors (Lipinski definition) is 1. The third-order valence-corrected chi connectivity index (χ3v) is 8.29. The summed E-state index contributed by atoms with van der Waals surface area (Å²) in [6.45, 7) is 9.38. The van der Waals surface area contributed by atoms with E-state index >= 15 is 0 Å². The molecule has 140 valence electrons. The van der Waals surface area contributed by atoms with Crippen LogP contribution in [-0.4, -0.2) is 29.1 Å². The summed E-state index contributed by atoms with van der Waals surface area (Å²) < 4.78 is 0. The van der Waals surface area contributed by atoms with Crippen molar-refractivity contribution in [2.75, 3.05) is 13.1 Å². The maximum atomic E-state index is 10.2. The Morgan fingerprint density at radius 2 is 2.12 bits per heavy atom. The van der Waals surface area contributed by atoms with Crippen LogP contribution in [0.4, 0.5) is 0 Å². The summed E-state index contributed by atoms with van der Waals surface area (Å²) in [5.74, 6) is 2.88. The summed E-state index contributed by atoms with van der Waals surface area (Å²) in [5, 5.41) is 10.2. The summed E-state index contributed by atoms with van der Waals surface area (Å²) in [7, 11) is 0. The van der Waals surface area contributed by atoms with Crippen LogP contribution >= 0.6 is 0 Å². The van der Waals surface area contributed by atoms with Gasteiger partial charge in [0.1, 0.15) is 5.75 Å². The van der Waals surface area contributed by atoms with E-state index < -0.39 is 0 Å². The zero-order chi connectivity index (χ0) is 17.9. The Bertz CT molecular complexity index is 721. The van der Waals surface area contributed by atoms with Gasteiger partial charge in [-0.1, -0.05) is 38.0 Å². The largest absolute Gasteiger partial charge is 0.508 e. The fraction of sp³-hybridized carbons (Fsp3) is 0.667. The predicted octanol–water partition coefficient (Wildman–Crippen LogP) is 5.05. The van der Waals surface area contributed by atoms with Crippen LogP contribution in [0, 0.1) is 17.8 Å². The third kappa shape index (κ3) is 2.41. The first-order valence-corrected chi connectivity index (χ1v) is 10.8. The zero-order valence-electron chi connectivity index (χ0n) is 16.2. The molecule has 1 aromatic carbocycles. The second-order valence-electron chi connectivity index (χ2n) is 9.64. The molecular formula is C24H33NO. The molecule has 2 saturated carbocycles. The van der Waals surface area contributed by atoms with Crippen LogP contribution in [0.15, 0.2) is 30.4 Å². The molecule has 0 radical (unpaired) electrons. The summed E-state index contributed by atoms with van der Waals surface area (Å²) in [4.78, 5) is 2.87. The summed E-state index contributed by atoms with van der Waals surface area (Å²) in [5.41, 5.74) is 4.62. The molecule has 2 bridgehead atoms. The SMILES string of the molecule is C=C1C[C@H](CC)C2C3Cc4ccc(O)cc4C2(CCN3CC2CCC2)C1. The highest BCUT2D eigenvalue weighted by molar-refractivity contribution is 5.47. The minimum absolute atomic E-state index is 0.225. The monoisotopic (exact) mass is 351 g/mol. The number of fused-ring (bicyclic) bond motifs is 1. The van der Waals surface area contributed by atoms with Crippen molar-refractivity contribution in [3.05, 3.63) is 41.5 Å². The van der Waals surface area contributed by atoms with Crippen molar-refractivity contribution in [3.8, 4) is 5.75 Å². The van der Waals surface area contributed by atoms with Gasteiger partial charge in [-0.15, -0.1) is 0 Å². The van der Waals surface area contributed by atoms with E-state index in [1.807, 2.05) is 6.07 Å². The smallest absolute Gasteiger partial charge is 0.115 e. The van der Waals surface area contributed by atoms with Crippen molar-refractivity contribution in [3.63, 3.8) is 0 Å². The van der Waals surface area contributed by atoms with Gasteiger partial charge in [-0.05, 0) is 86.1 Å². The van der Waals surface area contributed by atoms with E-state index in [4.69, 9.17) is 0 Å². The Morgan fingerprint density at radius 1 is 1.27 bits per heavy atom. The van der Waals surface area contributed by atoms with Gasteiger partial charge in [0.2, 0.25) is 0 Å². The van der Waals surface area contributed by atoms with Crippen molar-refractivity contribution in [1.29, 1.82) is 0 Å². The van der Waals surface area contributed by atoms with E-state index in [2.05, 4.69) is 30.5 Å². The number of benzene rings is 1. The molecule has 1 heterocycles. The van der Waals surface area contributed by atoms with Gasteiger partial charge in [0.05, 0.1) is 0 Å². The Hall–Kier alpha value is -1.28. The number of likely N-dealkylation sites (tertiary alicyclic amines) is 1. The van der Waals surface area contributed by atoms with E-state index in [1.165, 1.54) is 74.7 Å². The Labute approximate surface area is 158 Å². The normalized spacial score (nSPS) is 37.0. The lowest BCUT2D eigenvalue weighted by Crippen LogP contribution is -2.64. The topological polar surface area (TPSA) is 23.5 Å². The molecule has 3 unspecified atom stereocenters. The third-order valence-electron chi connectivity index (χ3n) is 8.29. The van der Waals surface area contributed by atoms with Crippen LogP contribution in [0.1, 0.15) is 63.0 Å². The van der Waals surface area contributed by atoms with Crippen molar-refractivity contribution in [2.24, 2.45) is 17.8 Å². The lowest BCUT2D eigenvalue weighted by atomic mass is 9.48. The van der Waals surface area contributed by atoms with Crippen molar-refractivity contribution >= 4 is 0 Å². The average Bonchev–Trinajstić information content (AvgIpc) is 2.59. The van der Waals surface area contributed by atoms with Crippen LogP contribution < -0.4 is 0 Å². The molecule has 0 aromatic heterocycles. The molecule has 3 aliphatic carbocycles. The number of piperidine rings is 1. The van der Waals surface area contributed by atoms with Crippen LogP contribution in [-0.2, 0) is 11.8 Å². The second kappa shape index (κ2) is 6.12. The molecule has 4 aliphatic rings. The molecule has 1 saturated heterocycles. The van der Waals surface area contributed by atoms with Crippen molar-refractivity contribution in [2.45, 2.75) is 69.7 Å². The first-order chi connectivity index (χ1) is 12.6. The molecule has 26 heavy (non-hydrogen) atoms. The first-order valence-electron chi connectivity index (χ1n) is 10.8. The fourth-order valence-corrected chi connectivity index (χ4v) is 6.99. The maximum absolute atomic E-state index is 10.2. The lowest BCUT2D eigenvalue weighted by molar-refractivity contribution is -0.0425. The number of allylic oxidation sites excluding steroid dienone is 1. The summed E-state index contributed by atoms with van der Waals surface area (Å²) >= 11 is 0. The van der Waals surface area contributed by atoms with Crippen LogP contribution in [0.2, 0.25) is 0 Å². The highest BCUT2D eigenvalue weighted by atomic mass is 16.3. The van der Waals surface area contributed by atoms with E-state index in [9.17, 15) is 5.11 Å². The average molecular weight is 352 g/mol. The number of rotatable bonds is 3. The standard InChI is InChI=1S/C24H33NO/c1-3-18-11-16(2)14-24-9-10-25(15-17-5-4-6-17)22(23(18)24)12-19-7-8-20(26)13-21(19)24/h7-8,13,17-18,22-23,26H,2-6,9-12,14-15H2,1H3/t18-,22?,23?,24?/m0/s1. The molecule has 5 rings (SSSR count). The Balaban J connectivity index is 1.59. The quantitative estimate of drug-likeness (QED) is 0.770. The summed E-state index contributed by atoms with van der Waals surface area (Å²) in [6.07, 6.45) is 10.4. The van der Waals surface area contributed by atoms with Gasteiger partial charge in [0.15, 0.2) is 0 Å². The minimum Gasteiger partial charge on any atom is -0.508 e. The second-order valence-corrected chi connectivity index (χ2v) is 9.64. The Morgan fingerprint density at radius 3 is 2.85 bits per heavy atom. The molecule has 0 spiro atoms. The van der Waals surface area contributed by atoms with E-state index in [1.54, 1.807) is 0 Å². The molecule has 1 aromatic rings. The van der Waals surface area contributed by atoms with Crippen molar-refractivity contribution in [1.82, 2.24) is 4.90 Å². The number of phenols is 1. The van der Waals surface area contributed by atoms with Gasteiger partial charge in [-0.2, -0.15) is 0 Å². The maximum Gasteiger partial charge on any atom is 0.115 e. The molecular weight excluding hydrogens is 318 g/mol. The van der Waals surface area contributed by atoms with Crippen LogP contribution in [0.25, 0.3) is 0 Å². The van der Waals surface area contributed by atoms with Gasteiger partial charge in [0, 0.05) is 18.0 Å². The van der Waals surface area contributed by atoms with Gasteiger partial charge in [-0.3, -0.25) is 4.90 Å². The number of aromatic hydroxyl groups is 1. The van der Waals surface area contributed by atoms with Crippen LogP contribution in [0.3, 0.4) is 0 Å². The highest BCUT2D eigenvalue weighted by Crippen LogP contribution is 2.59. The van der Waals surface area contributed by atoms with Crippen molar-refractivity contribution < 1.29 is 5.11 Å². The van der Waals surface area contributed by atoms with E-state index in [0.717, 1.165) is 24.2 Å². The molecule has 0 amide bonds. The summed E-state index contributed by atoms with van der Waals surface area (Å²) in [6, 6.07) is 6.91. The number of hydrogen-bond acceptors (Lipinski definition) is 2. The van der Waals surface area contributed by atoms with E-state index in [-0.39, 0.29) is 5.41 Å². The molecule has 2 heteroatoms. The van der Waals surface area contributed by atoms with Gasteiger partial charge < -0.3 is 5.11 Å². The first kappa shape index (κ1) is 16.9. The Kier molecular flexibility index (Phi) is 3.97. The van der Waals surface area contributed by atoms with Crippen LogP contribution in [0.5, 0.6) is 5.75 Å². The molecule has 4 atom stereocenters. The zero-order valence-corrected chi connectivity index (χ0v) is 16.2. The van der Waals surface area contributed by atoms with Gasteiger partial charge in [-0.25, -0.2) is 0 Å². The molecule has 1 N–H and O–H groups in total. The lowest BCUT2D eigenvalue weighted by Gasteiger charge is -2.62. The molecule has 1 aliphatic heterocycles. The highest BCUT2D eigenvalue weighted by Gasteiger charge is 2.57. The minimum atomic E-state index is 0.225. The predicted molar refractivity (Wildman–Crippen MR) is 106 cm³/mol. The molecule has 2 nitrogen and oxygen atoms in total. The number of nitrogens with zero attached hydrogens (tertiary/aromatic N) is 1. The molecule has 3 fully saturated rings. The van der Waals surface area contributed by atoms with Gasteiger partial charge in [0.25, 0.3) is 0 Å². The van der Waals surface area contributed by atoms with Gasteiger partial charge >= 0.3 is 0 Å².